The fourth-order valence-electron chi connectivity index (χ4n) is 6.22. The van der Waals surface area contributed by atoms with E-state index in [-0.39, 0.29) is 0 Å². The average Bonchev–Trinajstić information content (AvgIpc) is 2.46. The molecule has 0 radical (unpaired) electrons. The van der Waals surface area contributed by atoms with E-state index in [9.17, 15) is 0 Å². The van der Waals surface area contributed by atoms with Crippen molar-refractivity contribution in [3.63, 3.8) is 0 Å². The van der Waals surface area contributed by atoms with E-state index >= 15 is 0 Å². The van der Waals surface area contributed by atoms with E-state index in [1.807, 2.05) is 0 Å². The molecule has 4 atom stereocenters. The second-order valence-corrected chi connectivity index (χ2v) is 9.23. The lowest BCUT2D eigenvalue weighted by atomic mass is 9.49. The monoisotopic (exact) mass is 292 g/mol. The standard InChI is InChI=1S/C21H40/c1-15(2)18-10-9-11-19(14-18)21(17(5)6)13-8-7-12-20(21)16(3)4/h15-20H,7-14H2,1-6H3. The van der Waals surface area contributed by atoms with Crippen molar-refractivity contribution >= 4 is 0 Å². The van der Waals surface area contributed by atoms with E-state index in [1.54, 1.807) is 0 Å². The lowest BCUT2D eigenvalue weighted by Gasteiger charge is -2.56. The van der Waals surface area contributed by atoms with Crippen molar-refractivity contribution in [3.8, 4) is 0 Å². The van der Waals surface area contributed by atoms with Gasteiger partial charge in [-0.25, -0.2) is 0 Å². The summed E-state index contributed by atoms with van der Waals surface area (Å²) in [5.74, 6) is 5.59. The van der Waals surface area contributed by atoms with Gasteiger partial charge in [-0.2, -0.15) is 0 Å². The third kappa shape index (κ3) is 3.35. The Morgan fingerprint density at radius 1 is 0.762 bits per heavy atom. The molecule has 2 aliphatic carbocycles. The van der Waals surface area contributed by atoms with Crippen molar-refractivity contribution < 1.29 is 0 Å². The van der Waals surface area contributed by atoms with Gasteiger partial charge in [-0.1, -0.05) is 67.2 Å². The summed E-state index contributed by atoms with van der Waals surface area (Å²) in [6, 6.07) is 0. The molecule has 0 nitrogen and oxygen atoms in total. The molecule has 0 amide bonds. The van der Waals surface area contributed by atoms with Crippen LogP contribution in [0.15, 0.2) is 0 Å². The lowest BCUT2D eigenvalue weighted by molar-refractivity contribution is -0.0681. The molecular formula is C21H40. The number of rotatable bonds is 4. The Morgan fingerprint density at radius 3 is 2.05 bits per heavy atom. The van der Waals surface area contributed by atoms with Crippen LogP contribution in [-0.2, 0) is 0 Å². The van der Waals surface area contributed by atoms with Crippen LogP contribution in [0.2, 0.25) is 0 Å². The van der Waals surface area contributed by atoms with Crippen molar-refractivity contribution in [2.24, 2.45) is 40.9 Å². The van der Waals surface area contributed by atoms with Gasteiger partial charge in [-0.3, -0.25) is 0 Å². The van der Waals surface area contributed by atoms with E-state index in [1.165, 1.54) is 51.4 Å². The van der Waals surface area contributed by atoms with E-state index < -0.39 is 0 Å². The van der Waals surface area contributed by atoms with Crippen LogP contribution in [0.5, 0.6) is 0 Å². The molecule has 0 spiro atoms. The average molecular weight is 293 g/mol. The highest BCUT2D eigenvalue weighted by Gasteiger charge is 2.50. The highest BCUT2D eigenvalue weighted by atomic mass is 14.5. The molecule has 124 valence electrons. The molecule has 2 fully saturated rings. The van der Waals surface area contributed by atoms with Crippen LogP contribution < -0.4 is 0 Å². The van der Waals surface area contributed by atoms with Gasteiger partial charge in [0.05, 0.1) is 0 Å². The third-order valence-electron chi connectivity index (χ3n) is 7.36. The van der Waals surface area contributed by atoms with Crippen LogP contribution in [0.4, 0.5) is 0 Å². The lowest BCUT2D eigenvalue weighted by Crippen LogP contribution is -2.48. The Labute approximate surface area is 134 Å². The fourth-order valence-corrected chi connectivity index (χ4v) is 6.22. The molecule has 0 saturated heterocycles. The maximum absolute atomic E-state index is 2.54. The normalized spacial score (nSPS) is 38.4. The predicted octanol–water partition coefficient (Wildman–Crippen LogP) is 6.94. The van der Waals surface area contributed by atoms with Gasteiger partial charge in [0.1, 0.15) is 0 Å². The first kappa shape index (κ1) is 17.4. The van der Waals surface area contributed by atoms with Crippen LogP contribution in [-0.4, -0.2) is 0 Å². The van der Waals surface area contributed by atoms with Gasteiger partial charge >= 0.3 is 0 Å². The molecule has 2 saturated carbocycles. The highest BCUT2D eigenvalue weighted by Crippen LogP contribution is 2.58. The highest BCUT2D eigenvalue weighted by molar-refractivity contribution is 4.99. The predicted molar refractivity (Wildman–Crippen MR) is 94.4 cm³/mol. The first-order chi connectivity index (χ1) is 9.89. The molecule has 4 unspecified atom stereocenters. The Kier molecular flexibility index (Phi) is 5.83. The van der Waals surface area contributed by atoms with Crippen molar-refractivity contribution in [1.29, 1.82) is 0 Å². The molecule has 2 aliphatic rings. The minimum absolute atomic E-state index is 0.653. The topological polar surface area (TPSA) is 0 Å². The minimum Gasteiger partial charge on any atom is -0.0625 e. The van der Waals surface area contributed by atoms with E-state index in [0.29, 0.717) is 5.41 Å². The quantitative estimate of drug-likeness (QED) is 0.526. The van der Waals surface area contributed by atoms with Gasteiger partial charge in [0.15, 0.2) is 0 Å². The van der Waals surface area contributed by atoms with Crippen LogP contribution in [0, 0.1) is 40.9 Å². The van der Waals surface area contributed by atoms with E-state index in [4.69, 9.17) is 0 Å². The van der Waals surface area contributed by atoms with Crippen molar-refractivity contribution in [1.82, 2.24) is 0 Å². The molecule has 0 aromatic rings. The zero-order chi connectivity index (χ0) is 15.6. The van der Waals surface area contributed by atoms with Gasteiger partial charge in [0, 0.05) is 0 Å². The summed E-state index contributed by atoms with van der Waals surface area (Å²) in [5.41, 5.74) is 0.653. The smallest absolute Gasteiger partial charge is 0.0215 e. The van der Waals surface area contributed by atoms with Gasteiger partial charge in [0.25, 0.3) is 0 Å². The summed E-state index contributed by atoms with van der Waals surface area (Å²) in [6.07, 6.45) is 12.0. The van der Waals surface area contributed by atoms with Gasteiger partial charge in [-0.15, -0.1) is 0 Å². The summed E-state index contributed by atoms with van der Waals surface area (Å²) in [4.78, 5) is 0. The molecule has 0 heteroatoms. The van der Waals surface area contributed by atoms with Crippen molar-refractivity contribution in [2.45, 2.75) is 92.9 Å². The van der Waals surface area contributed by atoms with Gasteiger partial charge in [-0.05, 0) is 66.6 Å². The van der Waals surface area contributed by atoms with Gasteiger partial charge < -0.3 is 0 Å². The second-order valence-electron chi connectivity index (χ2n) is 9.23. The third-order valence-corrected chi connectivity index (χ3v) is 7.36. The van der Waals surface area contributed by atoms with Crippen LogP contribution in [0.25, 0.3) is 0 Å². The summed E-state index contributed by atoms with van der Waals surface area (Å²) in [6.45, 7) is 15.0. The van der Waals surface area contributed by atoms with E-state index in [2.05, 4.69) is 41.5 Å². The second kappa shape index (κ2) is 7.05. The maximum Gasteiger partial charge on any atom is -0.0215 e. The Hall–Kier alpha value is 0. The molecule has 0 bridgehead atoms. The number of hydrogen-bond donors (Lipinski definition) is 0. The first-order valence-corrected chi connectivity index (χ1v) is 9.89. The zero-order valence-electron chi connectivity index (χ0n) is 15.6. The van der Waals surface area contributed by atoms with E-state index in [0.717, 1.165) is 35.5 Å². The molecule has 0 aliphatic heterocycles. The Morgan fingerprint density at radius 2 is 1.48 bits per heavy atom. The molecular weight excluding hydrogens is 252 g/mol. The maximum atomic E-state index is 2.54. The summed E-state index contributed by atoms with van der Waals surface area (Å²) in [7, 11) is 0. The van der Waals surface area contributed by atoms with Crippen LogP contribution in [0.3, 0.4) is 0 Å². The van der Waals surface area contributed by atoms with Gasteiger partial charge in [0.2, 0.25) is 0 Å². The Bertz CT molecular complexity index is 314. The Balaban J connectivity index is 2.27. The summed E-state index contributed by atoms with van der Waals surface area (Å²) >= 11 is 0. The molecule has 21 heavy (non-hydrogen) atoms. The van der Waals surface area contributed by atoms with Crippen molar-refractivity contribution in [2.75, 3.05) is 0 Å². The number of hydrogen-bond acceptors (Lipinski definition) is 0. The fraction of sp³-hybridized carbons (Fsp3) is 1.00. The summed E-state index contributed by atoms with van der Waals surface area (Å²) in [5, 5.41) is 0. The largest absolute Gasteiger partial charge is 0.0625 e. The molecule has 0 heterocycles. The molecule has 2 rings (SSSR count). The van der Waals surface area contributed by atoms with Crippen LogP contribution in [0.1, 0.15) is 92.9 Å². The van der Waals surface area contributed by atoms with Crippen molar-refractivity contribution in [3.05, 3.63) is 0 Å². The summed E-state index contributed by atoms with van der Waals surface area (Å²) < 4.78 is 0. The molecule has 0 N–H and O–H groups in total. The molecule has 0 aromatic heterocycles. The van der Waals surface area contributed by atoms with Crippen LogP contribution >= 0.6 is 0 Å². The zero-order valence-corrected chi connectivity index (χ0v) is 15.6. The first-order valence-electron chi connectivity index (χ1n) is 9.89. The minimum atomic E-state index is 0.653. The SMILES string of the molecule is CC(C)C1CCCC(C2(C(C)C)CCCCC2C(C)C)C1. The molecule has 0 aromatic carbocycles.